The molecule has 2 aromatic heterocycles. The van der Waals surface area contributed by atoms with Gasteiger partial charge in [-0.25, -0.2) is 20.8 Å². The van der Waals surface area contributed by atoms with Crippen LogP contribution in [0.1, 0.15) is 11.4 Å². The number of halogens is 1. The van der Waals surface area contributed by atoms with Crippen molar-refractivity contribution in [3.8, 4) is 0 Å². The van der Waals surface area contributed by atoms with E-state index in [0.717, 1.165) is 0 Å². The highest BCUT2D eigenvalue weighted by Gasteiger charge is 2.23. The molecule has 10 nitrogen and oxygen atoms in total. The first kappa shape index (κ1) is 18.6. The summed E-state index contributed by atoms with van der Waals surface area (Å²) in [6, 6.07) is -2.02. The monoisotopic (exact) mass is 344 g/mol. The van der Waals surface area contributed by atoms with Gasteiger partial charge in [-0.15, -0.1) is 12.4 Å². The molecule has 0 unspecified atom stereocenters. The number of nitrogens with zero attached hydrogens (tertiary/aromatic N) is 2. The van der Waals surface area contributed by atoms with Crippen LogP contribution >= 0.6 is 12.4 Å². The van der Waals surface area contributed by atoms with Crippen LogP contribution in [0.25, 0.3) is 0 Å². The van der Waals surface area contributed by atoms with E-state index in [-0.39, 0.29) is 25.2 Å². The van der Waals surface area contributed by atoms with Gasteiger partial charge >= 0.3 is 11.9 Å². The van der Waals surface area contributed by atoms with Gasteiger partial charge in [0.25, 0.3) is 0 Å². The highest BCUT2D eigenvalue weighted by atomic mass is 35.5. The van der Waals surface area contributed by atoms with Crippen molar-refractivity contribution in [2.24, 2.45) is 0 Å². The number of hydrazine groups is 1. The maximum Gasteiger partial charge on any atom is 0.322 e. The predicted octanol–water partition coefficient (Wildman–Crippen LogP) is -0.660. The number of carbonyl (C=O) groups is 2. The van der Waals surface area contributed by atoms with Crippen LogP contribution in [0.5, 0.6) is 0 Å². The Morgan fingerprint density at radius 3 is 1.61 bits per heavy atom. The molecule has 2 atom stereocenters. The van der Waals surface area contributed by atoms with Crippen molar-refractivity contribution in [2.75, 3.05) is 0 Å². The van der Waals surface area contributed by atoms with Gasteiger partial charge in [-0.3, -0.25) is 9.59 Å². The van der Waals surface area contributed by atoms with E-state index in [9.17, 15) is 19.8 Å². The Labute approximate surface area is 137 Å². The minimum absolute atomic E-state index is 0. The molecule has 126 valence electrons. The second kappa shape index (κ2) is 8.88. The van der Waals surface area contributed by atoms with Crippen molar-refractivity contribution in [3.05, 3.63) is 36.4 Å². The van der Waals surface area contributed by atoms with Crippen LogP contribution < -0.4 is 10.9 Å². The summed E-state index contributed by atoms with van der Waals surface area (Å²) in [5.41, 5.74) is 6.17. The van der Waals surface area contributed by atoms with Crippen LogP contribution in [-0.2, 0) is 22.4 Å². The number of nitrogens with one attached hydrogen (secondary N) is 4. The third-order valence-corrected chi connectivity index (χ3v) is 2.96. The zero-order chi connectivity index (χ0) is 15.9. The number of aromatic amines is 2. The lowest BCUT2D eigenvalue weighted by Gasteiger charge is -2.18. The molecule has 0 radical (unpaired) electrons. The number of aliphatic carboxylic acids is 2. The molecule has 0 aliphatic heterocycles. The standard InChI is InChI=1S/C12H16N6O4.ClH/c19-11(20)9(1-7-3-13-5-15-7)17-18-10(12(21)22)2-8-4-14-6-16-8;/h3-6,9-10,17-18H,1-2H2,(H,13,15)(H,14,16)(H,19,20)(H,21,22);1H/t9-,10-;/m0./s1. The first-order chi connectivity index (χ1) is 10.6. The molecule has 2 heterocycles. The minimum atomic E-state index is -1.11. The molecule has 0 saturated carbocycles. The predicted molar refractivity (Wildman–Crippen MR) is 81.0 cm³/mol. The maximum absolute atomic E-state index is 11.2. The molecule has 0 aliphatic rings. The highest BCUT2D eigenvalue weighted by Crippen LogP contribution is 2.01. The Morgan fingerprint density at radius 1 is 0.957 bits per heavy atom. The Morgan fingerprint density at radius 2 is 1.35 bits per heavy atom. The van der Waals surface area contributed by atoms with Gasteiger partial charge in [0.1, 0.15) is 12.1 Å². The Balaban J connectivity index is 0.00000264. The van der Waals surface area contributed by atoms with Crippen molar-refractivity contribution < 1.29 is 19.8 Å². The van der Waals surface area contributed by atoms with E-state index in [1.807, 2.05) is 0 Å². The summed E-state index contributed by atoms with van der Waals surface area (Å²) in [4.78, 5) is 35.8. The number of aromatic nitrogens is 4. The minimum Gasteiger partial charge on any atom is -0.480 e. The number of hydrogen-bond acceptors (Lipinski definition) is 6. The molecule has 6 N–H and O–H groups in total. The van der Waals surface area contributed by atoms with Gasteiger partial charge in [0.05, 0.1) is 24.0 Å². The Kier molecular flexibility index (Phi) is 7.19. The lowest BCUT2D eigenvalue weighted by Crippen LogP contribution is -2.54. The summed E-state index contributed by atoms with van der Waals surface area (Å²) < 4.78 is 0. The highest BCUT2D eigenvalue weighted by molar-refractivity contribution is 5.85. The van der Waals surface area contributed by atoms with Gasteiger partial charge in [-0.05, 0) is 0 Å². The van der Waals surface area contributed by atoms with Gasteiger partial charge < -0.3 is 20.2 Å². The van der Waals surface area contributed by atoms with E-state index in [1.54, 1.807) is 12.4 Å². The lowest BCUT2D eigenvalue weighted by molar-refractivity contribution is -0.143. The number of carboxylic acids is 2. The van der Waals surface area contributed by atoms with Crippen LogP contribution in [-0.4, -0.2) is 54.2 Å². The SMILES string of the molecule is Cl.O=C(O)[C@H](Cc1c[nH]cn1)NN[C@@H](Cc1c[nH]cn1)C(=O)O. The molecule has 0 bridgehead atoms. The maximum atomic E-state index is 11.2. The summed E-state index contributed by atoms with van der Waals surface area (Å²) in [6.07, 6.45) is 6.27. The molecule has 2 rings (SSSR count). The van der Waals surface area contributed by atoms with E-state index in [4.69, 9.17) is 0 Å². The zero-order valence-electron chi connectivity index (χ0n) is 11.9. The fourth-order valence-corrected chi connectivity index (χ4v) is 1.82. The third kappa shape index (κ3) is 5.70. The summed E-state index contributed by atoms with van der Waals surface area (Å²) in [7, 11) is 0. The van der Waals surface area contributed by atoms with E-state index >= 15 is 0 Å². The van der Waals surface area contributed by atoms with Gasteiger partial charge in [-0.1, -0.05) is 0 Å². The lowest BCUT2D eigenvalue weighted by atomic mass is 10.1. The first-order valence-electron chi connectivity index (χ1n) is 6.48. The van der Waals surface area contributed by atoms with E-state index in [0.29, 0.717) is 11.4 Å². The van der Waals surface area contributed by atoms with Crippen molar-refractivity contribution in [3.63, 3.8) is 0 Å². The molecule has 0 amide bonds. The van der Waals surface area contributed by atoms with Crippen molar-refractivity contribution in [1.29, 1.82) is 0 Å². The number of hydrogen-bond donors (Lipinski definition) is 6. The smallest absolute Gasteiger partial charge is 0.322 e. The summed E-state index contributed by atoms with van der Waals surface area (Å²) in [5.74, 6) is -2.22. The van der Waals surface area contributed by atoms with E-state index in [2.05, 4.69) is 30.8 Å². The number of rotatable bonds is 9. The van der Waals surface area contributed by atoms with Crippen LogP contribution in [0.2, 0.25) is 0 Å². The number of carboxylic acid groups (broad SMARTS) is 2. The largest absolute Gasteiger partial charge is 0.480 e. The van der Waals surface area contributed by atoms with Gasteiger partial charge in [0, 0.05) is 25.2 Å². The van der Waals surface area contributed by atoms with Gasteiger partial charge in [0.2, 0.25) is 0 Å². The second-order valence-corrected chi connectivity index (χ2v) is 4.60. The fraction of sp³-hybridized carbons (Fsp3) is 0.333. The molecule has 23 heavy (non-hydrogen) atoms. The van der Waals surface area contributed by atoms with Gasteiger partial charge in [-0.2, -0.15) is 0 Å². The quantitative estimate of drug-likeness (QED) is 0.327. The summed E-state index contributed by atoms with van der Waals surface area (Å²) >= 11 is 0. The van der Waals surface area contributed by atoms with Crippen LogP contribution in [0.15, 0.2) is 25.0 Å². The fourth-order valence-electron chi connectivity index (χ4n) is 1.82. The Hall–Kier alpha value is -2.43. The average molecular weight is 345 g/mol. The topological polar surface area (TPSA) is 156 Å². The first-order valence-corrected chi connectivity index (χ1v) is 6.48. The van der Waals surface area contributed by atoms with Crippen molar-refractivity contribution >= 4 is 24.3 Å². The third-order valence-electron chi connectivity index (χ3n) is 2.96. The number of H-pyrrole nitrogens is 2. The summed E-state index contributed by atoms with van der Waals surface area (Å²) in [5, 5.41) is 18.3. The van der Waals surface area contributed by atoms with Crippen LogP contribution in [0.3, 0.4) is 0 Å². The van der Waals surface area contributed by atoms with Crippen LogP contribution in [0.4, 0.5) is 0 Å². The Bertz CT molecular complexity index is 549. The van der Waals surface area contributed by atoms with E-state index in [1.165, 1.54) is 12.7 Å². The molecule has 0 spiro atoms. The zero-order valence-corrected chi connectivity index (χ0v) is 12.7. The van der Waals surface area contributed by atoms with E-state index < -0.39 is 24.0 Å². The van der Waals surface area contributed by atoms with Crippen molar-refractivity contribution in [1.82, 2.24) is 30.8 Å². The molecule has 0 aromatic carbocycles. The molecule has 0 fully saturated rings. The van der Waals surface area contributed by atoms with Gasteiger partial charge in [0.15, 0.2) is 0 Å². The van der Waals surface area contributed by atoms with Crippen molar-refractivity contribution in [2.45, 2.75) is 24.9 Å². The molecule has 0 saturated heterocycles. The molecular weight excluding hydrogens is 328 g/mol. The molecular formula is C12H17ClN6O4. The van der Waals surface area contributed by atoms with Crippen LogP contribution in [0, 0.1) is 0 Å². The average Bonchev–Trinajstić information content (AvgIpc) is 3.14. The molecule has 0 aliphatic carbocycles. The summed E-state index contributed by atoms with van der Waals surface area (Å²) in [6.45, 7) is 0. The second-order valence-electron chi connectivity index (χ2n) is 4.60. The number of imidazole rings is 2. The normalized spacial score (nSPS) is 13.0. The molecule has 2 aromatic rings. The molecule has 11 heteroatoms.